The maximum Gasteiger partial charge on any atom is 0.0701 e. The summed E-state index contributed by atoms with van der Waals surface area (Å²) in [5.41, 5.74) is 4.98. The summed E-state index contributed by atoms with van der Waals surface area (Å²) in [6.07, 6.45) is 4.66. The Morgan fingerprint density at radius 1 is 0.920 bits per heavy atom. The zero-order valence-electron chi connectivity index (χ0n) is 14.6. The average molecular weight is 332 g/mol. The van der Waals surface area contributed by atoms with Gasteiger partial charge in [0, 0.05) is 31.0 Å². The van der Waals surface area contributed by atoms with Gasteiger partial charge in [-0.25, -0.2) is 0 Å². The Bertz CT molecular complexity index is 811. The van der Waals surface area contributed by atoms with E-state index in [0.717, 1.165) is 13.2 Å². The predicted octanol–water partition coefficient (Wildman–Crippen LogP) is 4.57. The molecule has 1 aliphatic rings. The number of hydrogen-bond donors (Lipinski definition) is 0. The molecule has 1 atom stereocenters. The van der Waals surface area contributed by atoms with Crippen LogP contribution in [0, 0.1) is 0 Å². The summed E-state index contributed by atoms with van der Waals surface area (Å²) < 4.78 is 7.80. The fourth-order valence-corrected chi connectivity index (χ4v) is 3.74. The molecular formula is C22H24N2O. The second kappa shape index (κ2) is 7.16. The summed E-state index contributed by atoms with van der Waals surface area (Å²) in [5, 5.41) is 2.46. The van der Waals surface area contributed by atoms with E-state index in [1.165, 1.54) is 35.2 Å². The first-order chi connectivity index (χ1) is 12.4. The van der Waals surface area contributed by atoms with Gasteiger partial charge in [0.1, 0.15) is 0 Å². The smallest absolute Gasteiger partial charge is 0.0701 e. The van der Waals surface area contributed by atoms with Gasteiger partial charge >= 0.3 is 0 Å². The highest BCUT2D eigenvalue weighted by molar-refractivity contribution is 5.72. The van der Waals surface area contributed by atoms with Crippen molar-refractivity contribution in [3.63, 3.8) is 0 Å². The van der Waals surface area contributed by atoms with E-state index in [1.54, 1.807) is 7.11 Å². The van der Waals surface area contributed by atoms with Crippen LogP contribution in [0.25, 0.3) is 22.4 Å². The second-order valence-corrected chi connectivity index (χ2v) is 6.61. The monoisotopic (exact) mass is 332 g/mol. The van der Waals surface area contributed by atoms with E-state index in [1.807, 2.05) is 0 Å². The van der Waals surface area contributed by atoms with Gasteiger partial charge in [0.25, 0.3) is 0 Å². The first-order valence-electron chi connectivity index (χ1n) is 8.96. The van der Waals surface area contributed by atoms with Gasteiger partial charge in [0.15, 0.2) is 0 Å². The summed E-state index contributed by atoms with van der Waals surface area (Å²) >= 11 is 0. The van der Waals surface area contributed by atoms with E-state index in [4.69, 9.17) is 4.74 Å². The van der Waals surface area contributed by atoms with Crippen molar-refractivity contribution >= 4 is 0 Å². The highest BCUT2D eigenvalue weighted by atomic mass is 16.5. The number of ether oxygens (including phenoxy) is 1. The highest BCUT2D eigenvalue weighted by Gasteiger charge is 2.26. The van der Waals surface area contributed by atoms with Crippen LogP contribution in [0.3, 0.4) is 0 Å². The molecule has 1 aromatic heterocycles. The third-order valence-electron chi connectivity index (χ3n) is 4.96. The van der Waals surface area contributed by atoms with Crippen LogP contribution in [0.4, 0.5) is 0 Å². The van der Waals surface area contributed by atoms with Gasteiger partial charge in [0.2, 0.25) is 0 Å². The summed E-state index contributed by atoms with van der Waals surface area (Å²) in [6, 6.07) is 24.0. The molecule has 0 bridgehead atoms. The molecule has 0 amide bonds. The number of aromatic nitrogens is 1. The number of methoxy groups -OCH3 is 1. The lowest BCUT2D eigenvalue weighted by Crippen LogP contribution is -2.41. The van der Waals surface area contributed by atoms with Gasteiger partial charge in [-0.15, -0.1) is 0 Å². The summed E-state index contributed by atoms with van der Waals surface area (Å²) in [5.74, 6) is 0. The van der Waals surface area contributed by atoms with Crippen LogP contribution >= 0.6 is 0 Å². The fourth-order valence-electron chi connectivity index (χ4n) is 3.74. The SMILES string of the molecule is COC[C@@H]1CCCN1n1cc(-c2ccccc2)cc1-c1ccccc1. The third kappa shape index (κ3) is 3.20. The van der Waals surface area contributed by atoms with E-state index >= 15 is 0 Å². The van der Waals surface area contributed by atoms with Crippen molar-refractivity contribution in [1.82, 2.24) is 4.68 Å². The zero-order chi connectivity index (χ0) is 17.1. The van der Waals surface area contributed by atoms with Crippen molar-refractivity contribution in [2.75, 3.05) is 25.3 Å². The predicted molar refractivity (Wildman–Crippen MR) is 103 cm³/mol. The molecule has 0 radical (unpaired) electrons. The minimum atomic E-state index is 0.434. The van der Waals surface area contributed by atoms with E-state index in [0.29, 0.717) is 6.04 Å². The van der Waals surface area contributed by atoms with Gasteiger partial charge in [-0.2, -0.15) is 0 Å². The Kier molecular flexibility index (Phi) is 4.57. The van der Waals surface area contributed by atoms with Crippen molar-refractivity contribution in [3.05, 3.63) is 72.9 Å². The molecular weight excluding hydrogens is 308 g/mol. The van der Waals surface area contributed by atoms with Crippen LogP contribution in [0.15, 0.2) is 72.9 Å². The Balaban J connectivity index is 1.80. The Labute approximate surface area is 149 Å². The van der Waals surface area contributed by atoms with Crippen molar-refractivity contribution in [2.45, 2.75) is 18.9 Å². The topological polar surface area (TPSA) is 17.4 Å². The van der Waals surface area contributed by atoms with Crippen LogP contribution in [0.5, 0.6) is 0 Å². The molecule has 0 spiro atoms. The van der Waals surface area contributed by atoms with E-state index in [-0.39, 0.29) is 0 Å². The molecule has 1 aliphatic heterocycles. The van der Waals surface area contributed by atoms with Crippen molar-refractivity contribution in [1.29, 1.82) is 0 Å². The summed E-state index contributed by atoms with van der Waals surface area (Å²) in [4.78, 5) is 0. The minimum absolute atomic E-state index is 0.434. The molecule has 4 rings (SSSR count). The summed E-state index contributed by atoms with van der Waals surface area (Å²) in [7, 11) is 1.79. The Morgan fingerprint density at radius 3 is 2.28 bits per heavy atom. The van der Waals surface area contributed by atoms with Crippen LogP contribution in [0.1, 0.15) is 12.8 Å². The normalized spacial score (nSPS) is 17.2. The Morgan fingerprint density at radius 2 is 1.60 bits per heavy atom. The lowest BCUT2D eigenvalue weighted by molar-refractivity contribution is 0.174. The van der Waals surface area contributed by atoms with Crippen molar-refractivity contribution in [3.8, 4) is 22.4 Å². The van der Waals surface area contributed by atoms with E-state index < -0.39 is 0 Å². The highest BCUT2D eigenvalue weighted by Crippen LogP contribution is 2.31. The van der Waals surface area contributed by atoms with Crippen LogP contribution in [-0.2, 0) is 4.74 Å². The molecule has 3 nitrogen and oxygen atoms in total. The van der Waals surface area contributed by atoms with Gasteiger partial charge < -0.3 is 9.75 Å². The molecule has 3 aromatic rings. The molecule has 128 valence electrons. The Hall–Kier alpha value is -2.52. The molecule has 2 heterocycles. The first kappa shape index (κ1) is 16.0. The quantitative estimate of drug-likeness (QED) is 0.681. The number of hydrogen-bond acceptors (Lipinski definition) is 2. The average Bonchev–Trinajstić information content (AvgIpc) is 3.30. The standard InChI is InChI=1S/C22H24N2O/c1-25-17-21-13-8-14-23(21)24-16-20(18-9-4-2-5-10-18)15-22(24)19-11-6-3-7-12-19/h2-7,9-12,15-16,21H,8,13-14,17H2,1H3/t21-/m0/s1. The number of nitrogens with zero attached hydrogens (tertiary/aromatic N) is 2. The zero-order valence-corrected chi connectivity index (χ0v) is 14.6. The van der Waals surface area contributed by atoms with Gasteiger partial charge in [0.05, 0.1) is 18.3 Å². The molecule has 0 N–H and O–H groups in total. The lowest BCUT2D eigenvalue weighted by Gasteiger charge is -2.29. The largest absolute Gasteiger partial charge is 0.382 e. The maximum atomic E-state index is 5.46. The molecule has 0 aliphatic carbocycles. The fraction of sp³-hybridized carbons (Fsp3) is 0.273. The van der Waals surface area contributed by atoms with Crippen molar-refractivity contribution in [2.24, 2.45) is 0 Å². The second-order valence-electron chi connectivity index (χ2n) is 6.61. The van der Waals surface area contributed by atoms with Crippen LogP contribution in [-0.4, -0.2) is 31.0 Å². The van der Waals surface area contributed by atoms with Gasteiger partial charge in [-0.05, 0) is 24.5 Å². The third-order valence-corrected chi connectivity index (χ3v) is 4.96. The minimum Gasteiger partial charge on any atom is -0.382 e. The summed E-state index contributed by atoms with van der Waals surface area (Å²) in [6.45, 7) is 1.84. The van der Waals surface area contributed by atoms with Crippen LogP contribution < -0.4 is 5.01 Å². The maximum absolute atomic E-state index is 5.46. The number of rotatable bonds is 5. The molecule has 0 unspecified atom stereocenters. The van der Waals surface area contributed by atoms with E-state index in [2.05, 4.69) is 82.6 Å². The van der Waals surface area contributed by atoms with E-state index in [9.17, 15) is 0 Å². The molecule has 1 fully saturated rings. The van der Waals surface area contributed by atoms with Crippen LogP contribution in [0.2, 0.25) is 0 Å². The van der Waals surface area contributed by atoms with Gasteiger partial charge in [-0.3, -0.25) is 4.68 Å². The lowest BCUT2D eigenvalue weighted by atomic mass is 10.1. The van der Waals surface area contributed by atoms with Gasteiger partial charge in [-0.1, -0.05) is 60.7 Å². The molecule has 25 heavy (non-hydrogen) atoms. The first-order valence-corrected chi connectivity index (χ1v) is 8.96. The number of benzene rings is 2. The molecule has 1 saturated heterocycles. The van der Waals surface area contributed by atoms with Crippen molar-refractivity contribution < 1.29 is 4.74 Å². The molecule has 0 saturated carbocycles. The molecule has 3 heteroatoms. The molecule has 2 aromatic carbocycles.